The van der Waals surface area contributed by atoms with E-state index in [1.165, 1.54) is 0 Å². The topological polar surface area (TPSA) is 88.3 Å². The summed E-state index contributed by atoms with van der Waals surface area (Å²) in [7, 11) is 0. The average molecular weight is 297 g/mol. The van der Waals surface area contributed by atoms with E-state index in [1.807, 2.05) is 4.90 Å². The molecule has 0 aliphatic carbocycles. The Kier molecular flexibility index (Phi) is 4.92. The molecule has 2 amide bonds. The maximum Gasteiger partial charge on any atom is 0.270 e. The van der Waals surface area contributed by atoms with E-state index in [2.05, 4.69) is 10.3 Å². The van der Waals surface area contributed by atoms with Gasteiger partial charge in [-0.1, -0.05) is 17.7 Å². The summed E-state index contributed by atoms with van der Waals surface area (Å²) >= 11 is 5.76. The Hall–Kier alpha value is -1.66. The Labute approximate surface area is 122 Å². The smallest absolute Gasteiger partial charge is 0.270 e. The molecule has 1 aromatic heterocycles. The van der Waals surface area contributed by atoms with E-state index in [9.17, 15) is 9.59 Å². The molecule has 6 nitrogen and oxygen atoms in total. The van der Waals surface area contributed by atoms with E-state index < -0.39 is 0 Å². The molecule has 0 spiro atoms. The molecular formula is C13H17ClN4O2. The maximum absolute atomic E-state index is 12.0. The molecule has 1 saturated heterocycles. The summed E-state index contributed by atoms with van der Waals surface area (Å²) in [5.41, 5.74) is 5.47. The molecule has 0 aromatic carbocycles. The number of amides is 2. The van der Waals surface area contributed by atoms with Crippen LogP contribution in [0.3, 0.4) is 0 Å². The molecule has 0 saturated carbocycles. The minimum absolute atomic E-state index is 0.0902. The molecule has 0 radical (unpaired) electrons. The SMILES string of the molecule is NC(=O)CN1CCC(NC(=O)c2cccc(Cl)n2)CC1. The van der Waals surface area contributed by atoms with Crippen LogP contribution in [0.25, 0.3) is 0 Å². The molecule has 2 heterocycles. The second-order valence-corrected chi connectivity index (χ2v) is 5.22. The number of primary amides is 1. The molecule has 3 N–H and O–H groups in total. The number of carbonyl (C=O) groups is 2. The van der Waals surface area contributed by atoms with E-state index in [1.54, 1.807) is 18.2 Å². The molecule has 0 bridgehead atoms. The van der Waals surface area contributed by atoms with Crippen molar-refractivity contribution in [1.82, 2.24) is 15.2 Å². The fourth-order valence-corrected chi connectivity index (χ4v) is 2.41. The van der Waals surface area contributed by atoms with Crippen LogP contribution < -0.4 is 11.1 Å². The van der Waals surface area contributed by atoms with Gasteiger partial charge in [0.25, 0.3) is 5.91 Å². The Morgan fingerprint density at radius 3 is 2.70 bits per heavy atom. The van der Waals surface area contributed by atoms with Gasteiger partial charge < -0.3 is 11.1 Å². The summed E-state index contributed by atoms with van der Waals surface area (Å²) in [6, 6.07) is 5.04. The van der Waals surface area contributed by atoms with Crippen LogP contribution in [0.4, 0.5) is 0 Å². The number of aromatic nitrogens is 1. The van der Waals surface area contributed by atoms with Crippen LogP contribution in [-0.2, 0) is 4.79 Å². The number of nitrogens with two attached hydrogens (primary N) is 1. The summed E-state index contributed by atoms with van der Waals surface area (Å²) in [6.45, 7) is 1.77. The zero-order chi connectivity index (χ0) is 14.5. The summed E-state index contributed by atoms with van der Waals surface area (Å²) < 4.78 is 0. The molecule has 0 atom stereocenters. The Bertz CT molecular complexity index is 501. The van der Waals surface area contributed by atoms with Crippen molar-refractivity contribution < 1.29 is 9.59 Å². The number of halogens is 1. The first-order valence-corrected chi connectivity index (χ1v) is 6.86. The number of hydrogen-bond acceptors (Lipinski definition) is 4. The van der Waals surface area contributed by atoms with E-state index in [-0.39, 0.29) is 24.4 Å². The van der Waals surface area contributed by atoms with Gasteiger partial charge in [-0.15, -0.1) is 0 Å². The fraction of sp³-hybridized carbons (Fsp3) is 0.462. The van der Waals surface area contributed by atoms with E-state index >= 15 is 0 Å². The third-order valence-electron chi connectivity index (χ3n) is 3.25. The molecule has 2 rings (SSSR count). The highest BCUT2D eigenvalue weighted by molar-refractivity contribution is 6.29. The molecular weight excluding hydrogens is 280 g/mol. The van der Waals surface area contributed by atoms with Crippen molar-refractivity contribution in [2.24, 2.45) is 5.73 Å². The van der Waals surface area contributed by atoms with Gasteiger partial charge in [-0.25, -0.2) is 4.98 Å². The lowest BCUT2D eigenvalue weighted by Gasteiger charge is -2.31. The zero-order valence-corrected chi connectivity index (χ0v) is 11.8. The van der Waals surface area contributed by atoms with Gasteiger partial charge in [0.15, 0.2) is 0 Å². The van der Waals surface area contributed by atoms with Gasteiger partial charge in [0.1, 0.15) is 10.8 Å². The highest BCUT2D eigenvalue weighted by atomic mass is 35.5. The third-order valence-corrected chi connectivity index (χ3v) is 3.46. The van der Waals surface area contributed by atoms with Gasteiger partial charge in [-0.05, 0) is 25.0 Å². The Balaban J connectivity index is 1.83. The van der Waals surface area contributed by atoms with Crippen LogP contribution >= 0.6 is 11.6 Å². The van der Waals surface area contributed by atoms with Crippen molar-refractivity contribution >= 4 is 23.4 Å². The summed E-state index contributed by atoms with van der Waals surface area (Å²) in [4.78, 5) is 28.8. The van der Waals surface area contributed by atoms with E-state index in [0.717, 1.165) is 25.9 Å². The first-order chi connectivity index (χ1) is 9.54. The Morgan fingerprint density at radius 1 is 1.40 bits per heavy atom. The number of hydrogen-bond donors (Lipinski definition) is 2. The minimum Gasteiger partial charge on any atom is -0.369 e. The molecule has 1 aliphatic rings. The number of piperidine rings is 1. The highest BCUT2D eigenvalue weighted by Crippen LogP contribution is 2.11. The third kappa shape index (κ3) is 4.18. The van der Waals surface area contributed by atoms with Crippen LogP contribution in [0, 0.1) is 0 Å². The summed E-state index contributed by atoms with van der Waals surface area (Å²) in [5.74, 6) is -0.545. The normalized spacial score (nSPS) is 16.9. The van der Waals surface area contributed by atoms with Gasteiger partial charge >= 0.3 is 0 Å². The van der Waals surface area contributed by atoms with E-state index in [0.29, 0.717) is 10.8 Å². The number of pyridine rings is 1. The minimum atomic E-state index is -0.324. The second kappa shape index (κ2) is 6.67. The van der Waals surface area contributed by atoms with Crippen LogP contribution in [0.2, 0.25) is 5.15 Å². The molecule has 1 aromatic rings. The number of nitrogens with one attached hydrogen (secondary N) is 1. The van der Waals surface area contributed by atoms with Gasteiger partial charge in [0, 0.05) is 19.1 Å². The maximum atomic E-state index is 12.0. The predicted octanol–water partition coefficient (Wildman–Crippen LogP) is 0.415. The first kappa shape index (κ1) is 14.7. The van der Waals surface area contributed by atoms with Crippen molar-refractivity contribution in [2.75, 3.05) is 19.6 Å². The fourth-order valence-electron chi connectivity index (χ4n) is 2.25. The molecule has 1 aliphatic heterocycles. The largest absolute Gasteiger partial charge is 0.369 e. The van der Waals surface area contributed by atoms with Crippen molar-refractivity contribution in [3.8, 4) is 0 Å². The van der Waals surface area contributed by atoms with E-state index in [4.69, 9.17) is 17.3 Å². The van der Waals surface area contributed by atoms with Crippen molar-refractivity contribution in [3.05, 3.63) is 29.0 Å². The number of rotatable bonds is 4. The van der Waals surface area contributed by atoms with Gasteiger partial charge in [-0.3, -0.25) is 14.5 Å². The van der Waals surface area contributed by atoms with Crippen molar-refractivity contribution in [3.63, 3.8) is 0 Å². The number of nitrogens with zero attached hydrogens (tertiary/aromatic N) is 2. The lowest BCUT2D eigenvalue weighted by molar-refractivity contribution is -0.119. The molecule has 108 valence electrons. The number of likely N-dealkylation sites (tertiary alicyclic amines) is 1. The van der Waals surface area contributed by atoms with Crippen molar-refractivity contribution in [2.45, 2.75) is 18.9 Å². The Morgan fingerprint density at radius 2 is 2.10 bits per heavy atom. The lowest BCUT2D eigenvalue weighted by Crippen LogP contribution is -2.46. The van der Waals surface area contributed by atoms with Crippen LogP contribution in [0.5, 0.6) is 0 Å². The average Bonchev–Trinajstić information content (AvgIpc) is 2.40. The van der Waals surface area contributed by atoms with Gasteiger partial charge in [-0.2, -0.15) is 0 Å². The van der Waals surface area contributed by atoms with Gasteiger partial charge in [0.2, 0.25) is 5.91 Å². The van der Waals surface area contributed by atoms with Gasteiger partial charge in [0.05, 0.1) is 6.54 Å². The second-order valence-electron chi connectivity index (χ2n) is 4.84. The summed E-state index contributed by atoms with van der Waals surface area (Å²) in [6.07, 6.45) is 1.58. The van der Waals surface area contributed by atoms with Crippen LogP contribution in [0.15, 0.2) is 18.2 Å². The standard InChI is InChI=1S/C13H17ClN4O2/c14-11-3-1-2-10(17-11)13(20)16-9-4-6-18(7-5-9)8-12(15)19/h1-3,9H,4-8H2,(H2,15,19)(H,16,20). The lowest BCUT2D eigenvalue weighted by atomic mass is 10.0. The molecule has 0 unspecified atom stereocenters. The molecule has 20 heavy (non-hydrogen) atoms. The predicted molar refractivity (Wildman–Crippen MR) is 75.4 cm³/mol. The summed E-state index contributed by atoms with van der Waals surface area (Å²) in [5, 5.41) is 3.23. The molecule has 1 fully saturated rings. The number of carbonyl (C=O) groups excluding carboxylic acids is 2. The highest BCUT2D eigenvalue weighted by Gasteiger charge is 2.22. The first-order valence-electron chi connectivity index (χ1n) is 6.48. The van der Waals surface area contributed by atoms with Crippen molar-refractivity contribution in [1.29, 1.82) is 0 Å². The molecule has 7 heteroatoms. The van der Waals surface area contributed by atoms with Crippen LogP contribution in [-0.4, -0.2) is 47.4 Å². The monoisotopic (exact) mass is 296 g/mol. The van der Waals surface area contributed by atoms with Crippen LogP contribution in [0.1, 0.15) is 23.3 Å². The quantitative estimate of drug-likeness (QED) is 0.788. The zero-order valence-electron chi connectivity index (χ0n) is 11.0.